The van der Waals surface area contributed by atoms with Crippen LogP contribution < -0.4 is 0 Å². The lowest BCUT2D eigenvalue weighted by molar-refractivity contribution is -0.318. The fraction of sp³-hybridized carbons (Fsp3) is 0.913. The molecule has 1 aliphatic carbocycles. The number of carbonyl (C=O) groups is 2. The van der Waals surface area contributed by atoms with Crippen molar-refractivity contribution in [1.82, 2.24) is 0 Å². The van der Waals surface area contributed by atoms with Gasteiger partial charge >= 0.3 is 5.97 Å². The van der Waals surface area contributed by atoms with Crippen molar-refractivity contribution in [2.45, 2.75) is 95.7 Å². The number of carbonyl (C=O) groups excluding carboxylic acids is 2. The van der Waals surface area contributed by atoms with Crippen molar-refractivity contribution < 1.29 is 33.3 Å². The summed E-state index contributed by atoms with van der Waals surface area (Å²) in [5, 5.41) is 0. The second-order valence-corrected chi connectivity index (χ2v) is 9.10. The van der Waals surface area contributed by atoms with E-state index in [9.17, 15) is 9.59 Å². The molecule has 3 aliphatic heterocycles. The number of Topliss-reactive ketones (excluding diaryl/α,β-unsaturated/α-hetero) is 1. The molecule has 0 N–H and O–H groups in total. The Morgan fingerprint density at radius 2 is 1.70 bits per heavy atom. The van der Waals surface area contributed by atoms with Gasteiger partial charge in [-0.05, 0) is 19.8 Å². The summed E-state index contributed by atoms with van der Waals surface area (Å²) in [5.74, 6) is -1.81. The maximum Gasteiger partial charge on any atom is 0.320 e. The Morgan fingerprint density at radius 1 is 1.03 bits per heavy atom. The van der Waals surface area contributed by atoms with E-state index in [1.165, 1.54) is 12.8 Å². The Hall–Kier alpha value is -1.02. The zero-order valence-electron chi connectivity index (χ0n) is 18.2. The number of ether oxygens (including phenoxy) is 5. The average Bonchev–Trinajstić information content (AvgIpc) is 3.37. The van der Waals surface area contributed by atoms with Crippen LogP contribution in [-0.2, 0) is 33.3 Å². The highest BCUT2D eigenvalue weighted by molar-refractivity contribution is 6.04. The minimum Gasteiger partial charge on any atom is -0.465 e. The molecule has 4 fully saturated rings. The van der Waals surface area contributed by atoms with E-state index in [-0.39, 0.29) is 24.4 Å². The van der Waals surface area contributed by atoms with Crippen LogP contribution in [0.3, 0.4) is 0 Å². The topological polar surface area (TPSA) is 80.3 Å². The van der Waals surface area contributed by atoms with Gasteiger partial charge in [0.2, 0.25) is 12.1 Å². The molecule has 7 nitrogen and oxygen atoms in total. The smallest absolute Gasteiger partial charge is 0.320 e. The van der Waals surface area contributed by atoms with E-state index in [4.69, 9.17) is 23.7 Å². The van der Waals surface area contributed by atoms with Crippen LogP contribution in [0.4, 0.5) is 0 Å². The van der Waals surface area contributed by atoms with Gasteiger partial charge in [-0.25, -0.2) is 0 Å². The summed E-state index contributed by atoms with van der Waals surface area (Å²) in [6, 6.07) is 0. The minimum atomic E-state index is -1.22. The van der Waals surface area contributed by atoms with Crippen LogP contribution in [0.5, 0.6) is 0 Å². The number of fused-ring (bicyclic) bond motifs is 3. The van der Waals surface area contributed by atoms with Crippen LogP contribution in [0, 0.1) is 11.3 Å². The van der Waals surface area contributed by atoms with Gasteiger partial charge in [0.1, 0.15) is 5.41 Å². The van der Waals surface area contributed by atoms with Crippen molar-refractivity contribution in [3.8, 4) is 0 Å². The average molecular weight is 425 g/mol. The van der Waals surface area contributed by atoms with Gasteiger partial charge in [-0.1, -0.05) is 44.9 Å². The van der Waals surface area contributed by atoms with E-state index in [1.54, 1.807) is 6.92 Å². The van der Waals surface area contributed by atoms with E-state index in [1.807, 2.05) is 0 Å². The fourth-order valence-corrected chi connectivity index (χ4v) is 5.74. The molecule has 1 unspecified atom stereocenters. The monoisotopic (exact) mass is 424 g/mol. The maximum atomic E-state index is 13.8. The third-order valence-corrected chi connectivity index (χ3v) is 7.29. The molecule has 170 valence electrons. The Bertz CT molecular complexity index is 615. The summed E-state index contributed by atoms with van der Waals surface area (Å²) >= 11 is 0. The zero-order valence-corrected chi connectivity index (χ0v) is 18.2. The van der Waals surface area contributed by atoms with Crippen molar-refractivity contribution in [3.63, 3.8) is 0 Å². The highest BCUT2D eigenvalue weighted by Gasteiger charge is 2.65. The van der Waals surface area contributed by atoms with Gasteiger partial charge in [0.15, 0.2) is 5.78 Å². The summed E-state index contributed by atoms with van der Waals surface area (Å²) < 4.78 is 29.5. The zero-order chi connectivity index (χ0) is 21.0. The summed E-state index contributed by atoms with van der Waals surface area (Å²) in [7, 11) is 0. The Morgan fingerprint density at radius 3 is 2.40 bits per heavy atom. The number of ketones is 1. The van der Waals surface area contributed by atoms with Gasteiger partial charge < -0.3 is 23.7 Å². The second kappa shape index (κ2) is 9.63. The molecule has 1 spiro atoms. The minimum absolute atomic E-state index is 0.00591. The second-order valence-electron chi connectivity index (χ2n) is 9.10. The third-order valence-electron chi connectivity index (χ3n) is 7.29. The lowest BCUT2D eigenvalue weighted by Crippen LogP contribution is -2.59. The van der Waals surface area contributed by atoms with Crippen molar-refractivity contribution in [2.24, 2.45) is 11.3 Å². The van der Waals surface area contributed by atoms with E-state index >= 15 is 0 Å². The van der Waals surface area contributed by atoms with Crippen molar-refractivity contribution in [2.75, 3.05) is 26.4 Å². The van der Waals surface area contributed by atoms with Crippen molar-refractivity contribution in [1.29, 1.82) is 0 Å². The highest BCUT2D eigenvalue weighted by atomic mass is 16.8. The first-order chi connectivity index (χ1) is 14.6. The predicted molar refractivity (Wildman–Crippen MR) is 108 cm³/mol. The molecule has 4 aliphatic rings. The van der Waals surface area contributed by atoms with Gasteiger partial charge in [0, 0.05) is 18.8 Å². The first-order valence-corrected chi connectivity index (χ1v) is 11.9. The van der Waals surface area contributed by atoms with Gasteiger partial charge in [-0.2, -0.15) is 0 Å². The molecular weight excluding hydrogens is 388 g/mol. The predicted octanol–water partition coefficient (Wildman–Crippen LogP) is 3.52. The third kappa shape index (κ3) is 4.06. The maximum absolute atomic E-state index is 13.8. The molecule has 1 saturated carbocycles. The molecule has 30 heavy (non-hydrogen) atoms. The summed E-state index contributed by atoms with van der Waals surface area (Å²) in [5.41, 5.74) is -1.22. The molecule has 0 amide bonds. The van der Waals surface area contributed by atoms with E-state index in [2.05, 4.69) is 0 Å². The molecule has 0 aromatic carbocycles. The molecule has 2 bridgehead atoms. The SMILES string of the molecule is CCOC(=O)C1([C@H]2CC3(OCCO3)[C@@H]3OC[C@H]2O3)CCCCCCCCCCC1=O. The van der Waals surface area contributed by atoms with Gasteiger partial charge in [0.25, 0.3) is 0 Å². The van der Waals surface area contributed by atoms with E-state index in [0.29, 0.717) is 39.1 Å². The van der Waals surface area contributed by atoms with Crippen LogP contribution >= 0.6 is 0 Å². The molecule has 4 atom stereocenters. The first-order valence-electron chi connectivity index (χ1n) is 11.9. The Kier molecular flexibility index (Phi) is 7.12. The van der Waals surface area contributed by atoms with Crippen LogP contribution in [-0.4, -0.2) is 56.4 Å². The van der Waals surface area contributed by atoms with Crippen LogP contribution in [0.1, 0.15) is 77.6 Å². The Balaban J connectivity index is 1.68. The van der Waals surface area contributed by atoms with Crippen molar-refractivity contribution in [3.05, 3.63) is 0 Å². The molecular formula is C23H36O7. The molecule has 3 heterocycles. The molecule has 3 saturated heterocycles. The molecule has 0 aromatic rings. The lowest BCUT2D eigenvalue weighted by Gasteiger charge is -2.46. The molecule has 7 heteroatoms. The fourth-order valence-electron chi connectivity index (χ4n) is 5.74. The van der Waals surface area contributed by atoms with Crippen LogP contribution in [0.15, 0.2) is 0 Å². The Labute approximate surface area is 179 Å². The van der Waals surface area contributed by atoms with Crippen LogP contribution in [0.25, 0.3) is 0 Å². The van der Waals surface area contributed by atoms with Crippen LogP contribution in [0.2, 0.25) is 0 Å². The lowest BCUT2D eigenvalue weighted by atomic mass is 9.63. The number of esters is 1. The standard InChI is InChI=1S/C23H36O7/c1-2-26-20(25)22(12-10-8-6-4-3-5-7-9-11-19(22)24)17-15-23(28-13-14-29-23)21-27-16-18(17)30-21/h17-18,21H,2-16H2,1H3/t17-,18+,21+,22?/m0/s1. The summed E-state index contributed by atoms with van der Waals surface area (Å²) in [6.07, 6.45) is 8.82. The number of hydrogen-bond acceptors (Lipinski definition) is 7. The quantitative estimate of drug-likeness (QED) is 0.506. The number of hydrogen-bond donors (Lipinski definition) is 0. The first kappa shape index (κ1) is 22.2. The largest absolute Gasteiger partial charge is 0.465 e. The van der Waals surface area contributed by atoms with Crippen molar-refractivity contribution >= 4 is 11.8 Å². The van der Waals surface area contributed by atoms with E-state index in [0.717, 1.165) is 38.5 Å². The summed E-state index contributed by atoms with van der Waals surface area (Å²) in [6.45, 7) is 3.31. The normalized spacial score (nSPS) is 37.5. The van der Waals surface area contributed by atoms with Gasteiger partial charge in [-0.3, -0.25) is 9.59 Å². The van der Waals surface area contributed by atoms with E-state index < -0.39 is 23.5 Å². The van der Waals surface area contributed by atoms with Gasteiger partial charge in [-0.15, -0.1) is 0 Å². The molecule has 0 aromatic heterocycles. The highest BCUT2D eigenvalue weighted by Crippen LogP contribution is 2.52. The van der Waals surface area contributed by atoms with Gasteiger partial charge in [0.05, 0.1) is 32.5 Å². The molecule has 0 radical (unpaired) electrons. The summed E-state index contributed by atoms with van der Waals surface area (Å²) in [4.78, 5) is 27.3. The molecule has 4 rings (SSSR count). The number of rotatable bonds is 3.